The monoisotopic (exact) mass is 291 g/mol. The quantitative estimate of drug-likeness (QED) is 0.834. The number of nitrogens with one attached hydrogen (secondary N) is 1. The fourth-order valence-corrected chi connectivity index (χ4v) is 1.58. The molecule has 0 fully saturated rings. The topological polar surface area (TPSA) is 65.5 Å². The van der Waals surface area contributed by atoms with Crippen molar-refractivity contribution in [3.05, 3.63) is 23.9 Å². The molecule has 0 aliphatic carbocycles. The molecule has 8 heteroatoms. The van der Waals surface area contributed by atoms with E-state index in [9.17, 15) is 18.0 Å². The number of carbonyl (C=O) groups excluding carboxylic acids is 1. The first kappa shape index (κ1) is 16.2. The third-order valence-electron chi connectivity index (χ3n) is 2.40. The van der Waals surface area contributed by atoms with E-state index in [0.29, 0.717) is 17.3 Å². The van der Waals surface area contributed by atoms with E-state index in [1.54, 1.807) is 0 Å². The van der Waals surface area contributed by atoms with Gasteiger partial charge in [-0.15, -0.1) is 0 Å². The summed E-state index contributed by atoms with van der Waals surface area (Å²) in [6.45, 7) is 0.192. The summed E-state index contributed by atoms with van der Waals surface area (Å²) < 4.78 is 37.1. The minimum Gasteiger partial charge on any atom is -0.395 e. The lowest BCUT2D eigenvalue weighted by Gasteiger charge is -2.23. The van der Waals surface area contributed by atoms with Crippen LogP contribution in [0.25, 0.3) is 0 Å². The number of aromatic nitrogens is 1. The summed E-state index contributed by atoms with van der Waals surface area (Å²) >= 11 is 0. The van der Waals surface area contributed by atoms with Crippen LogP contribution in [-0.4, -0.2) is 53.3 Å². The van der Waals surface area contributed by atoms with Crippen molar-refractivity contribution in [1.82, 2.24) is 9.88 Å². The fraction of sp³-hybridized carbons (Fsp3) is 0.500. The van der Waals surface area contributed by atoms with Gasteiger partial charge in [-0.05, 0) is 19.1 Å². The molecule has 2 N–H and O–H groups in total. The van der Waals surface area contributed by atoms with Gasteiger partial charge in [0.15, 0.2) is 0 Å². The molecular weight excluding hydrogens is 275 g/mol. The lowest BCUT2D eigenvalue weighted by molar-refractivity contribution is -0.141. The van der Waals surface area contributed by atoms with Crippen molar-refractivity contribution in [2.45, 2.75) is 13.1 Å². The maximum atomic E-state index is 12.4. The minimum atomic E-state index is -4.51. The van der Waals surface area contributed by atoms with Crippen LogP contribution in [0, 0.1) is 0 Å². The molecule has 20 heavy (non-hydrogen) atoms. The van der Waals surface area contributed by atoms with Crippen LogP contribution >= 0.6 is 0 Å². The Kier molecular flexibility index (Phi) is 5.75. The number of halogens is 3. The van der Waals surface area contributed by atoms with Crippen LogP contribution in [0.2, 0.25) is 0 Å². The molecule has 1 aromatic rings. The van der Waals surface area contributed by atoms with Crippen LogP contribution in [0.1, 0.15) is 17.3 Å². The molecule has 0 atom stereocenters. The Morgan fingerprint density at radius 1 is 1.45 bits per heavy atom. The van der Waals surface area contributed by atoms with Gasteiger partial charge in [0.1, 0.15) is 12.4 Å². The van der Waals surface area contributed by atoms with E-state index in [1.165, 1.54) is 18.3 Å². The number of nitrogens with zero attached hydrogens (tertiary/aromatic N) is 2. The van der Waals surface area contributed by atoms with Crippen molar-refractivity contribution in [2.75, 3.05) is 31.6 Å². The number of aliphatic hydroxyl groups is 1. The van der Waals surface area contributed by atoms with Crippen molar-refractivity contribution >= 4 is 11.7 Å². The molecule has 0 spiro atoms. The van der Waals surface area contributed by atoms with Gasteiger partial charge in [-0.3, -0.25) is 4.79 Å². The van der Waals surface area contributed by atoms with Crippen LogP contribution in [-0.2, 0) is 0 Å². The average Bonchev–Trinajstić information content (AvgIpc) is 2.37. The van der Waals surface area contributed by atoms with E-state index in [-0.39, 0.29) is 12.1 Å². The molecule has 1 amide bonds. The number of carbonyl (C=O) groups is 1. The maximum absolute atomic E-state index is 12.4. The van der Waals surface area contributed by atoms with Crippen molar-refractivity contribution in [2.24, 2.45) is 0 Å². The highest BCUT2D eigenvalue weighted by atomic mass is 19.4. The van der Waals surface area contributed by atoms with Gasteiger partial charge >= 0.3 is 6.18 Å². The summed E-state index contributed by atoms with van der Waals surface area (Å²) in [6.07, 6.45) is -3.30. The highest BCUT2D eigenvalue weighted by Crippen LogP contribution is 2.18. The Hall–Kier alpha value is -1.83. The summed E-state index contributed by atoms with van der Waals surface area (Å²) in [5.74, 6) is -0.277. The predicted molar refractivity (Wildman–Crippen MR) is 67.4 cm³/mol. The Morgan fingerprint density at radius 2 is 2.15 bits per heavy atom. The van der Waals surface area contributed by atoms with Crippen LogP contribution < -0.4 is 5.32 Å². The van der Waals surface area contributed by atoms with Crippen molar-refractivity contribution < 1.29 is 23.1 Å². The Balaban J connectivity index is 2.83. The predicted octanol–water partition coefficient (Wildman–Crippen LogP) is 1.51. The van der Waals surface area contributed by atoms with Crippen LogP contribution in [0.5, 0.6) is 0 Å². The van der Waals surface area contributed by atoms with Gasteiger partial charge < -0.3 is 15.3 Å². The van der Waals surface area contributed by atoms with E-state index >= 15 is 0 Å². The standard InChI is InChI=1S/C12H16F3N3O2/c1-2-16-10-4-3-9(7-17-10)11(20)18(5-6-19)8-12(13,14)15/h3-4,7,19H,2,5-6,8H2,1H3,(H,16,17). The molecule has 112 valence electrons. The number of hydrogen-bond acceptors (Lipinski definition) is 4. The summed E-state index contributed by atoms with van der Waals surface area (Å²) in [5, 5.41) is 11.7. The highest BCUT2D eigenvalue weighted by Gasteiger charge is 2.33. The summed E-state index contributed by atoms with van der Waals surface area (Å²) in [7, 11) is 0. The largest absolute Gasteiger partial charge is 0.406 e. The summed E-state index contributed by atoms with van der Waals surface area (Å²) in [6, 6.07) is 2.91. The lowest BCUT2D eigenvalue weighted by Crippen LogP contribution is -2.40. The number of amides is 1. The fourth-order valence-electron chi connectivity index (χ4n) is 1.58. The third-order valence-corrected chi connectivity index (χ3v) is 2.40. The number of aliphatic hydroxyl groups excluding tert-OH is 1. The molecule has 0 radical (unpaired) electrons. The molecule has 5 nitrogen and oxygen atoms in total. The number of alkyl halides is 3. The first-order valence-corrected chi connectivity index (χ1v) is 6.04. The Labute approximate surface area is 114 Å². The zero-order valence-electron chi connectivity index (χ0n) is 10.9. The van der Waals surface area contributed by atoms with Gasteiger partial charge in [0, 0.05) is 19.3 Å². The molecule has 0 unspecified atom stereocenters. The molecule has 0 bridgehead atoms. The van der Waals surface area contributed by atoms with Crippen LogP contribution in [0.4, 0.5) is 19.0 Å². The zero-order valence-corrected chi connectivity index (χ0v) is 10.9. The molecule has 1 heterocycles. The van der Waals surface area contributed by atoms with Gasteiger partial charge in [0.25, 0.3) is 5.91 Å². The second-order valence-corrected chi connectivity index (χ2v) is 4.03. The van der Waals surface area contributed by atoms with E-state index in [1.807, 2.05) is 6.92 Å². The van der Waals surface area contributed by atoms with Crippen molar-refractivity contribution in [3.8, 4) is 0 Å². The van der Waals surface area contributed by atoms with Gasteiger partial charge in [-0.25, -0.2) is 4.98 Å². The first-order valence-electron chi connectivity index (χ1n) is 6.04. The van der Waals surface area contributed by atoms with Gasteiger partial charge in [-0.2, -0.15) is 13.2 Å². The molecule has 0 aliphatic rings. The average molecular weight is 291 g/mol. The van der Waals surface area contributed by atoms with Gasteiger partial charge in [0.2, 0.25) is 0 Å². The van der Waals surface area contributed by atoms with E-state index in [0.717, 1.165) is 0 Å². The third kappa shape index (κ3) is 5.04. The number of hydrogen-bond donors (Lipinski definition) is 2. The second-order valence-electron chi connectivity index (χ2n) is 4.03. The molecule has 0 saturated heterocycles. The van der Waals surface area contributed by atoms with Crippen molar-refractivity contribution in [1.29, 1.82) is 0 Å². The van der Waals surface area contributed by atoms with Crippen LogP contribution in [0.3, 0.4) is 0 Å². The SMILES string of the molecule is CCNc1ccc(C(=O)N(CCO)CC(F)(F)F)cn1. The molecule has 1 aromatic heterocycles. The zero-order chi connectivity index (χ0) is 15.2. The van der Waals surface area contributed by atoms with E-state index in [4.69, 9.17) is 5.11 Å². The lowest BCUT2D eigenvalue weighted by atomic mass is 10.2. The molecule has 0 saturated carbocycles. The summed E-state index contributed by atoms with van der Waals surface area (Å²) in [5.41, 5.74) is 0.0457. The smallest absolute Gasteiger partial charge is 0.395 e. The molecule has 0 aliphatic heterocycles. The second kappa shape index (κ2) is 7.09. The maximum Gasteiger partial charge on any atom is 0.406 e. The van der Waals surface area contributed by atoms with Gasteiger partial charge in [0.05, 0.1) is 12.2 Å². The number of rotatable bonds is 6. The van der Waals surface area contributed by atoms with E-state index < -0.39 is 25.2 Å². The number of anilines is 1. The van der Waals surface area contributed by atoms with E-state index in [2.05, 4.69) is 10.3 Å². The minimum absolute atomic E-state index is 0.0457. The van der Waals surface area contributed by atoms with Gasteiger partial charge in [-0.1, -0.05) is 0 Å². The Morgan fingerprint density at radius 3 is 2.60 bits per heavy atom. The first-order chi connectivity index (χ1) is 9.37. The highest BCUT2D eigenvalue weighted by molar-refractivity contribution is 5.94. The Bertz CT molecular complexity index is 435. The summed E-state index contributed by atoms with van der Waals surface area (Å²) in [4.78, 5) is 16.4. The molecular formula is C12H16F3N3O2. The molecule has 1 rings (SSSR count). The molecule has 0 aromatic carbocycles. The number of pyridine rings is 1. The van der Waals surface area contributed by atoms with Crippen molar-refractivity contribution in [3.63, 3.8) is 0 Å². The normalized spacial score (nSPS) is 11.2. The van der Waals surface area contributed by atoms with Crippen LogP contribution in [0.15, 0.2) is 18.3 Å².